The third kappa shape index (κ3) is 1.60. The van der Waals surface area contributed by atoms with E-state index in [0.717, 1.165) is 16.9 Å². The van der Waals surface area contributed by atoms with Crippen molar-refractivity contribution >= 4 is 5.69 Å². The summed E-state index contributed by atoms with van der Waals surface area (Å²) in [6.45, 7) is 0.925. The van der Waals surface area contributed by atoms with Crippen LogP contribution in [0.15, 0.2) is 36.5 Å². The number of non-ortho nitro benzene ring substituents is 1. The average Bonchev–Trinajstić information content (AvgIpc) is 2.71. The van der Waals surface area contributed by atoms with Gasteiger partial charge in [-0.2, -0.15) is 0 Å². The maximum Gasteiger partial charge on any atom is 0.269 e. The van der Waals surface area contributed by atoms with Crippen LogP contribution in [0.1, 0.15) is 11.3 Å². The molecular weight excluding hydrogens is 220 g/mol. The number of fused-ring (bicyclic) bond motifs is 3. The number of nitrogens with zero attached hydrogens (tertiary/aromatic N) is 2. The van der Waals surface area contributed by atoms with Crippen molar-refractivity contribution in [2.45, 2.75) is 13.2 Å². The molecule has 2 heterocycles. The Morgan fingerprint density at radius 1 is 1.29 bits per heavy atom. The molecule has 0 bridgehead atoms. The van der Waals surface area contributed by atoms with Crippen molar-refractivity contribution in [1.82, 2.24) is 4.57 Å². The second-order valence-electron chi connectivity index (χ2n) is 3.93. The molecule has 0 amide bonds. The third-order valence-corrected chi connectivity index (χ3v) is 2.87. The number of hydrogen-bond donors (Lipinski definition) is 0. The Morgan fingerprint density at radius 2 is 2.18 bits per heavy atom. The highest BCUT2D eigenvalue weighted by atomic mass is 16.6. The minimum absolute atomic E-state index is 0.1000. The highest BCUT2D eigenvalue weighted by Gasteiger charge is 2.16. The molecule has 1 aromatic heterocycles. The highest BCUT2D eigenvalue weighted by molar-refractivity contribution is 5.49. The van der Waals surface area contributed by atoms with Gasteiger partial charge in [-0.15, -0.1) is 0 Å². The predicted octanol–water partition coefficient (Wildman–Crippen LogP) is 2.42. The van der Waals surface area contributed by atoms with Crippen LogP contribution in [-0.2, 0) is 18.0 Å². The van der Waals surface area contributed by atoms with E-state index in [1.165, 1.54) is 6.07 Å². The maximum absolute atomic E-state index is 10.7. The molecule has 17 heavy (non-hydrogen) atoms. The van der Waals surface area contributed by atoms with Gasteiger partial charge < -0.3 is 9.30 Å². The standard InChI is InChI=1S/C12H10N2O3/c15-14(16)10-3-4-12-9(6-10)7-17-8-11-2-1-5-13(11)12/h1-6H,7-8H2. The predicted molar refractivity (Wildman–Crippen MR) is 60.9 cm³/mol. The van der Waals surface area contributed by atoms with Crippen LogP contribution < -0.4 is 0 Å². The monoisotopic (exact) mass is 230 g/mol. The lowest BCUT2D eigenvalue weighted by Gasteiger charge is -2.08. The minimum atomic E-state index is -0.387. The van der Waals surface area contributed by atoms with Crippen LogP contribution in [0.3, 0.4) is 0 Å². The molecule has 0 aliphatic carbocycles. The number of aromatic nitrogens is 1. The number of benzene rings is 1. The lowest BCUT2D eigenvalue weighted by atomic mass is 10.1. The van der Waals surface area contributed by atoms with Gasteiger partial charge in [-0.3, -0.25) is 10.1 Å². The van der Waals surface area contributed by atoms with E-state index in [-0.39, 0.29) is 10.6 Å². The molecule has 0 N–H and O–H groups in total. The molecule has 0 atom stereocenters. The van der Waals surface area contributed by atoms with E-state index in [1.54, 1.807) is 12.1 Å². The topological polar surface area (TPSA) is 57.3 Å². The fraction of sp³-hybridized carbons (Fsp3) is 0.167. The molecule has 0 spiro atoms. The molecule has 1 aliphatic rings. The molecule has 0 saturated heterocycles. The molecule has 0 fully saturated rings. The summed E-state index contributed by atoms with van der Waals surface area (Å²) in [5.74, 6) is 0. The van der Waals surface area contributed by atoms with E-state index in [0.29, 0.717) is 13.2 Å². The quantitative estimate of drug-likeness (QED) is 0.558. The number of hydrogen-bond acceptors (Lipinski definition) is 3. The fourth-order valence-corrected chi connectivity index (χ4v) is 2.07. The largest absolute Gasteiger partial charge is 0.370 e. The van der Waals surface area contributed by atoms with Gasteiger partial charge in [0.15, 0.2) is 0 Å². The van der Waals surface area contributed by atoms with E-state index in [1.807, 2.05) is 22.9 Å². The van der Waals surface area contributed by atoms with Crippen molar-refractivity contribution in [2.24, 2.45) is 0 Å². The molecule has 0 saturated carbocycles. The first-order chi connectivity index (χ1) is 8.25. The van der Waals surface area contributed by atoms with Gasteiger partial charge in [0.1, 0.15) is 0 Å². The van der Waals surface area contributed by atoms with Crippen molar-refractivity contribution in [3.63, 3.8) is 0 Å². The number of nitro groups is 1. The van der Waals surface area contributed by atoms with Crippen LogP contribution >= 0.6 is 0 Å². The number of rotatable bonds is 1. The normalized spacial score (nSPS) is 13.6. The molecule has 5 heteroatoms. The summed E-state index contributed by atoms with van der Waals surface area (Å²) in [6.07, 6.45) is 1.94. The van der Waals surface area contributed by atoms with Gasteiger partial charge in [0.25, 0.3) is 5.69 Å². The minimum Gasteiger partial charge on any atom is -0.370 e. The van der Waals surface area contributed by atoms with E-state index >= 15 is 0 Å². The molecule has 1 aromatic carbocycles. The lowest BCUT2D eigenvalue weighted by molar-refractivity contribution is -0.384. The zero-order valence-electron chi connectivity index (χ0n) is 9.00. The summed E-state index contributed by atoms with van der Waals surface area (Å²) < 4.78 is 7.50. The van der Waals surface area contributed by atoms with Crippen molar-refractivity contribution in [2.75, 3.05) is 0 Å². The summed E-state index contributed by atoms with van der Waals surface area (Å²) in [5.41, 5.74) is 2.95. The van der Waals surface area contributed by atoms with Gasteiger partial charge in [0, 0.05) is 29.6 Å². The Morgan fingerprint density at radius 3 is 3.00 bits per heavy atom. The van der Waals surface area contributed by atoms with Crippen molar-refractivity contribution < 1.29 is 9.66 Å². The summed E-state index contributed by atoms with van der Waals surface area (Å²) in [7, 11) is 0. The molecule has 5 nitrogen and oxygen atoms in total. The third-order valence-electron chi connectivity index (χ3n) is 2.87. The zero-order valence-corrected chi connectivity index (χ0v) is 9.00. The van der Waals surface area contributed by atoms with E-state index in [9.17, 15) is 10.1 Å². The lowest BCUT2D eigenvalue weighted by Crippen LogP contribution is -1.99. The molecule has 2 aromatic rings. The van der Waals surface area contributed by atoms with E-state index in [2.05, 4.69) is 0 Å². The first-order valence-electron chi connectivity index (χ1n) is 5.27. The smallest absolute Gasteiger partial charge is 0.269 e. The van der Waals surface area contributed by atoms with Gasteiger partial charge in [0.05, 0.1) is 23.8 Å². The van der Waals surface area contributed by atoms with Gasteiger partial charge >= 0.3 is 0 Å². The van der Waals surface area contributed by atoms with E-state index in [4.69, 9.17) is 4.74 Å². The van der Waals surface area contributed by atoms with Crippen LogP contribution in [0.2, 0.25) is 0 Å². The van der Waals surface area contributed by atoms with Crippen LogP contribution in [0, 0.1) is 10.1 Å². The van der Waals surface area contributed by atoms with Crippen LogP contribution in [0.5, 0.6) is 0 Å². The Kier molecular flexibility index (Phi) is 2.19. The first kappa shape index (κ1) is 10.0. The molecule has 0 radical (unpaired) electrons. The van der Waals surface area contributed by atoms with Crippen molar-refractivity contribution in [3.05, 3.63) is 57.9 Å². The molecule has 3 rings (SSSR count). The van der Waals surface area contributed by atoms with Crippen molar-refractivity contribution in [3.8, 4) is 5.69 Å². The van der Waals surface area contributed by atoms with Crippen LogP contribution in [0.25, 0.3) is 5.69 Å². The Hall–Kier alpha value is -2.14. The summed E-state index contributed by atoms with van der Waals surface area (Å²) in [5, 5.41) is 10.7. The Labute approximate surface area is 97.4 Å². The SMILES string of the molecule is O=[N+]([O-])c1ccc2c(c1)COCc1cccn1-2. The summed E-state index contributed by atoms with van der Waals surface area (Å²) >= 11 is 0. The number of nitro benzene ring substituents is 1. The molecule has 86 valence electrons. The Bertz CT molecular complexity index is 589. The fourth-order valence-electron chi connectivity index (χ4n) is 2.07. The maximum atomic E-state index is 10.7. The second-order valence-corrected chi connectivity index (χ2v) is 3.93. The molecule has 1 aliphatic heterocycles. The summed E-state index contributed by atoms with van der Waals surface area (Å²) in [4.78, 5) is 10.3. The summed E-state index contributed by atoms with van der Waals surface area (Å²) in [6, 6.07) is 8.79. The second kappa shape index (κ2) is 3.71. The highest BCUT2D eigenvalue weighted by Crippen LogP contribution is 2.26. The van der Waals surface area contributed by atoms with Crippen LogP contribution in [0.4, 0.5) is 5.69 Å². The zero-order chi connectivity index (χ0) is 11.8. The average molecular weight is 230 g/mol. The van der Waals surface area contributed by atoms with Gasteiger partial charge in [0.2, 0.25) is 0 Å². The Balaban J connectivity index is 2.18. The first-order valence-corrected chi connectivity index (χ1v) is 5.27. The van der Waals surface area contributed by atoms with Crippen molar-refractivity contribution in [1.29, 1.82) is 0 Å². The number of ether oxygens (including phenoxy) is 1. The van der Waals surface area contributed by atoms with Crippen LogP contribution in [-0.4, -0.2) is 9.49 Å². The molecule has 0 unspecified atom stereocenters. The van der Waals surface area contributed by atoms with Gasteiger partial charge in [-0.1, -0.05) is 0 Å². The van der Waals surface area contributed by atoms with Gasteiger partial charge in [-0.05, 0) is 18.2 Å². The van der Waals surface area contributed by atoms with Gasteiger partial charge in [-0.25, -0.2) is 0 Å². The molecular formula is C12H10N2O3. The van der Waals surface area contributed by atoms with E-state index < -0.39 is 0 Å².